The van der Waals surface area contributed by atoms with Gasteiger partial charge >= 0.3 is 17.4 Å². The van der Waals surface area contributed by atoms with Gasteiger partial charge in [-0.2, -0.15) is 0 Å². The van der Waals surface area contributed by atoms with Crippen LogP contribution in [0.4, 0.5) is 4.79 Å². The molecule has 12 nitrogen and oxygen atoms in total. The van der Waals surface area contributed by atoms with Gasteiger partial charge in [0, 0.05) is 0 Å². The standard InChI is InChI=1S/C12H12N2O3.C5H4N4O3/c1-2-12(8-6-4-3-5-7-8)9(15)13-11(17)14-10(12)16;10-3-1-2(7-4(11)6-1)8-5(12)9-3/h3-7H,2H2,1H3,(H2,13,14,15,16,17);(H4,6,7,8,9,10,11,12). The summed E-state index contributed by atoms with van der Waals surface area (Å²) in [5.41, 5.74) is -2.37. The second kappa shape index (κ2) is 7.42. The zero-order chi connectivity index (χ0) is 21.2. The van der Waals surface area contributed by atoms with Crippen molar-refractivity contribution in [2.75, 3.05) is 0 Å². The molecule has 150 valence electrons. The van der Waals surface area contributed by atoms with Crippen molar-refractivity contribution in [3.05, 3.63) is 67.2 Å². The Bertz CT molecular complexity index is 1250. The lowest BCUT2D eigenvalue weighted by molar-refractivity contribution is -0.138. The summed E-state index contributed by atoms with van der Waals surface area (Å²) in [5, 5.41) is 4.28. The molecule has 0 spiro atoms. The first-order valence-corrected chi connectivity index (χ1v) is 8.45. The van der Waals surface area contributed by atoms with Gasteiger partial charge in [0.25, 0.3) is 5.56 Å². The van der Waals surface area contributed by atoms with Gasteiger partial charge in [-0.15, -0.1) is 0 Å². The number of imide groups is 2. The van der Waals surface area contributed by atoms with Crippen LogP contribution in [0.5, 0.6) is 0 Å². The van der Waals surface area contributed by atoms with Gasteiger partial charge in [0.05, 0.1) is 0 Å². The third-order valence-electron chi connectivity index (χ3n) is 4.45. The molecular weight excluding hydrogens is 384 g/mol. The topological polar surface area (TPSA) is 190 Å². The van der Waals surface area contributed by atoms with E-state index >= 15 is 0 Å². The summed E-state index contributed by atoms with van der Waals surface area (Å²) in [7, 11) is 0. The average molecular weight is 400 g/mol. The maximum Gasteiger partial charge on any atom is 0.328 e. The highest BCUT2D eigenvalue weighted by Gasteiger charge is 2.50. The van der Waals surface area contributed by atoms with Crippen molar-refractivity contribution in [2.24, 2.45) is 0 Å². The molecule has 6 N–H and O–H groups in total. The maximum absolute atomic E-state index is 12.0. The highest BCUT2D eigenvalue weighted by atomic mass is 16.2. The third kappa shape index (κ3) is 3.50. The molecule has 0 unspecified atom stereocenters. The maximum atomic E-state index is 12.0. The molecule has 1 aromatic carbocycles. The van der Waals surface area contributed by atoms with Crippen molar-refractivity contribution in [1.29, 1.82) is 0 Å². The molecule has 3 aromatic rings. The van der Waals surface area contributed by atoms with E-state index in [1.807, 2.05) is 4.98 Å². The van der Waals surface area contributed by atoms with E-state index in [9.17, 15) is 28.8 Å². The number of aromatic amines is 4. The third-order valence-corrected chi connectivity index (χ3v) is 4.45. The number of hydrogen-bond donors (Lipinski definition) is 6. The van der Waals surface area contributed by atoms with Gasteiger partial charge in [-0.05, 0) is 12.0 Å². The number of benzene rings is 1. The molecular formula is C17H16N6O6. The minimum absolute atomic E-state index is 0.0413. The molecule has 2 aromatic heterocycles. The number of fused-ring (bicyclic) bond motifs is 1. The molecule has 29 heavy (non-hydrogen) atoms. The lowest BCUT2D eigenvalue weighted by Crippen LogP contribution is -2.64. The number of amides is 4. The molecule has 4 rings (SSSR count). The Balaban J connectivity index is 0.000000176. The number of hydrogen-bond acceptors (Lipinski definition) is 6. The van der Waals surface area contributed by atoms with Crippen LogP contribution in [0.3, 0.4) is 0 Å². The number of carbonyl (C=O) groups is 3. The Labute approximate surface area is 160 Å². The van der Waals surface area contributed by atoms with Gasteiger partial charge in [0.2, 0.25) is 11.8 Å². The van der Waals surface area contributed by atoms with Crippen LogP contribution >= 0.6 is 0 Å². The van der Waals surface area contributed by atoms with Crippen molar-refractivity contribution >= 4 is 29.0 Å². The van der Waals surface area contributed by atoms with Gasteiger partial charge in [-0.25, -0.2) is 14.4 Å². The number of carbonyl (C=O) groups excluding carboxylic acids is 3. The molecule has 0 atom stereocenters. The second-order valence-corrected chi connectivity index (χ2v) is 6.10. The summed E-state index contributed by atoms with van der Waals surface area (Å²) < 4.78 is 0. The molecule has 1 aliphatic heterocycles. The number of aromatic nitrogens is 4. The Kier molecular flexibility index (Phi) is 5.00. The highest BCUT2D eigenvalue weighted by molar-refractivity contribution is 6.22. The summed E-state index contributed by atoms with van der Waals surface area (Å²) in [4.78, 5) is 76.0. The zero-order valence-electron chi connectivity index (χ0n) is 15.0. The number of barbiturate groups is 1. The molecule has 0 aliphatic carbocycles. The molecule has 1 fully saturated rings. The summed E-state index contributed by atoms with van der Waals surface area (Å²) in [6, 6.07) is 7.96. The Morgan fingerprint density at radius 2 is 1.31 bits per heavy atom. The highest BCUT2D eigenvalue weighted by Crippen LogP contribution is 2.30. The zero-order valence-corrected chi connectivity index (χ0v) is 15.0. The van der Waals surface area contributed by atoms with Crippen LogP contribution in [0.15, 0.2) is 44.7 Å². The van der Waals surface area contributed by atoms with Gasteiger partial charge in [-0.1, -0.05) is 37.3 Å². The number of nitrogens with one attached hydrogen (secondary N) is 6. The van der Waals surface area contributed by atoms with Crippen LogP contribution in [0.1, 0.15) is 18.9 Å². The fourth-order valence-electron chi connectivity index (χ4n) is 3.02. The fourth-order valence-corrected chi connectivity index (χ4v) is 3.02. The molecule has 0 saturated carbocycles. The lowest BCUT2D eigenvalue weighted by Gasteiger charge is -2.33. The first kappa shape index (κ1) is 19.5. The van der Waals surface area contributed by atoms with Crippen LogP contribution in [0.25, 0.3) is 11.2 Å². The van der Waals surface area contributed by atoms with Crippen LogP contribution in [-0.2, 0) is 15.0 Å². The summed E-state index contributed by atoms with van der Waals surface area (Å²) in [6.45, 7) is 1.74. The van der Waals surface area contributed by atoms with E-state index in [0.717, 1.165) is 0 Å². The van der Waals surface area contributed by atoms with Crippen molar-refractivity contribution in [1.82, 2.24) is 30.6 Å². The largest absolute Gasteiger partial charge is 0.328 e. The normalized spacial score (nSPS) is 15.3. The van der Waals surface area contributed by atoms with Gasteiger partial charge in [-0.3, -0.25) is 45.0 Å². The van der Waals surface area contributed by atoms with E-state index in [1.165, 1.54) is 0 Å². The Morgan fingerprint density at radius 3 is 1.86 bits per heavy atom. The van der Waals surface area contributed by atoms with Crippen LogP contribution < -0.4 is 27.6 Å². The minimum Gasteiger partial charge on any atom is -0.300 e. The molecule has 12 heteroatoms. The first-order chi connectivity index (χ1) is 13.8. The predicted molar refractivity (Wildman–Crippen MR) is 100 cm³/mol. The fraction of sp³-hybridized carbons (Fsp3) is 0.176. The summed E-state index contributed by atoms with van der Waals surface area (Å²) in [6.07, 6.45) is 0.294. The molecule has 0 radical (unpaired) electrons. The van der Waals surface area contributed by atoms with E-state index < -0.39 is 40.2 Å². The Hall–Kier alpha value is -4.22. The van der Waals surface area contributed by atoms with Crippen LogP contribution in [-0.4, -0.2) is 37.8 Å². The minimum atomic E-state index is -1.31. The lowest BCUT2D eigenvalue weighted by atomic mass is 9.75. The molecule has 3 heterocycles. The van der Waals surface area contributed by atoms with E-state index in [2.05, 4.69) is 25.6 Å². The van der Waals surface area contributed by atoms with Crippen molar-refractivity contribution in [2.45, 2.75) is 18.8 Å². The predicted octanol–water partition coefficient (Wildman–Crippen LogP) is -1.07. The van der Waals surface area contributed by atoms with Crippen molar-refractivity contribution in [3.8, 4) is 0 Å². The molecule has 4 amide bonds. The monoisotopic (exact) mass is 400 g/mol. The van der Waals surface area contributed by atoms with Crippen molar-refractivity contribution in [3.63, 3.8) is 0 Å². The SMILES string of the molecule is CCC1(c2ccccc2)C(=O)NC(=O)NC1=O.O=c1[nH]c(=O)c2[nH]c(=O)[nH]c2[nH]1. The number of rotatable bonds is 2. The summed E-state index contributed by atoms with van der Waals surface area (Å²) in [5.74, 6) is -1.14. The van der Waals surface area contributed by atoms with Gasteiger partial charge in [0.15, 0.2) is 5.41 Å². The smallest absolute Gasteiger partial charge is 0.300 e. The van der Waals surface area contributed by atoms with E-state index in [1.54, 1.807) is 37.3 Å². The van der Waals surface area contributed by atoms with Gasteiger partial charge < -0.3 is 0 Å². The first-order valence-electron chi connectivity index (χ1n) is 8.45. The quantitative estimate of drug-likeness (QED) is 0.297. The van der Waals surface area contributed by atoms with Crippen LogP contribution in [0, 0.1) is 0 Å². The summed E-state index contributed by atoms with van der Waals surface area (Å²) >= 11 is 0. The van der Waals surface area contributed by atoms with E-state index in [-0.39, 0.29) is 11.2 Å². The van der Waals surface area contributed by atoms with E-state index in [4.69, 9.17) is 0 Å². The molecule has 0 bridgehead atoms. The molecule has 1 saturated heterocycles. The number of imidazole rings is 1. The average Bonchev–Trinajstić information content (AvgIpc) is 3.04. The number of urea groups is 1. The molecule has 1 aliphatic rings. The van der Waals surface area contributed by atoms with Crippen molar-refractivity contribution < 1.29 is 14.4 Å². The van der Waals surface area contributed by atoms with E-state index in [0.29, 0.717) is 12.0 Å². The van der Waals surface area contributed by atoms with Gasteiger partial charge in [0.1, 0.15) is 11.2 Å². The Morgan fingerprint density at radius 1 is 0.759 bits per heavy atom. The number of H-pyrrole nitrogens is 4. The van der Waals surface area contributed by atoms with Crippen LogP contribution in [0.2, 0.25) is 0 Å². The second-order valence-electron chi connectivity index (χ2n) is 6.10.